The second-order valence-corrected chi connectivity index (χ2v) is 3.57. The molecular weight excluding hydrogens is 259 g/mol. The molecule has 0 unspecified atom stereocenters. The minimum atomic E-state index is 0. The van der Waals surface area contributed by atoms with Gasteiger partial charge in [0.25, 0.3) is 0 Å². The molecule has 0 spiro atoms. The Labute approximate surface area is 116 Å². The van der Waals surface area contributed by atoms with Crippen molar-refractivity contribution in [1.82, 2.24) is 5.32 Å². The van der Waals surface area contributed by atoms with Crippen LogP contribution in [-0.2, 0) is 11.3 Å². The quantitative estimate of drug-likeness (QED) is 0.803. The summed E-state index contributed by atoms with van der Waals surface area (Å²) in [5.41, 5.74) is 7.02. The molecule has 0 amide bonds. The molecule has 17 heavy (non-hydrogen) atoms. The van der Waals surface area contributed by atoms with Crippen LogP contribution in [0.3, 0.4) is 0 Å². The van der Waals surface area contributed by atoms with Crippen LogP contribution in [0.15, 0.2) is 30.3 Å². The molecule has 0 heterocycles. The molecule has 1 aromatic rings. The van der Waals surface area contributed by atoms with Gasteiger partial charge in [-0.1, -0.05) is 37.3 Å². The molecule has 0 aliphatic heterocycles. The van der Waals surface area contributed by atoms with E-state index in [9.17, 15) is 0 Å². The van der Waals surface area contributed by atoms with Crippen molar-refractivity contribution in [2.75, 3.05) is 19.7 Å². The van der Waals surface area contributed by atoms with Crippen LogP contribution in [0, 0.1) is 0 Å². The van der Waals surface area contributed by atoms with Crippen molar-refractivity contribution in [3.8, 4) is 0 Å². The lowest BCUT2D eigenvalue weighted by Crippen LogP contribution is -2.37. The Morgan fingerprint density at radius 3 is 2.47 bits per heavy atom. The smallest absolute Gasteiger partial charge is 0.0717 e. The number of likely N-dealkylation sites (N-methyl/N-ethyl adjacent to an activating group) is 1. The Morgan fingerprint density at radius 2 is 1.88 bits per heavy atom. The lowest BCUT2D eigenvalue weighted by atomic mass is 10.2. The molecule has 0 fully saturated rings. The molecule has 0 radical (unpaired) electrons. The number of rotatable bonds is 7. The van der Waals surface area contributed by atoms with Crippen molar-refractivity contribution in [2.45, 2.75) is 19.6 Å². The van der Waals surface area contributed by atoms with Gasteiger partial charge in [-0.2, -0.15) is 0 Å². The molecule has 0 saturated carbocycles. The van der Waals surface area contributed by atoms with E-state index in [-0.39, 0.29) is 30.9 Å². The molecule has 0 aromatic heterocycles. The maximum absolute atomic E-state index is 5.84. The fourth-order valence-corrected chi connectivity index (χ4v) is 1.29. The molecule has 0 aliphatic rings. The number of hydrogen-bond donors (Lipinski definition) is 2. The fourth-order valence-electron chi connectivity index (χ4n) is 1.29. The van der Waals surface area contributed by atoms with Gasteiger partial charge < -0.3 is 15.8 Å². The third-order valence-electron chi connectivity index (χ3n) is 2.10. The van der Waals surface area contributed by atoms with Crippen LogP contribution in [-0.4, -0.2) is 25.7 Å². The van der Waals surface area contributed by atoms with E-state index in [1.807, 2.05) is 18.2 Å². The highest BCUT2D eigenvalue weighted by Gasteiger charge is 2.01. The molecule has 3 nitrogen and oxygen atoms in total. The Morgan fingerprint density at radius 1 is 1.24 bits per heavy atom. The summed E-state index contributed by atoms with van der Waals surface area (Å²) in [6.07, 6.45) is 0. The highest BCUT2D eigenvalue weighted by atomic mass is 35.5. The summed E-state index contributed by atoms with van der Waals surface area (Å²) in [7, 11) is 0. The normalized spacial score (nSPS) is 11.2. The van der Waals surface area contributed by atoms with Crippen molar-refractivity contribution in [2.24, 2.45) is 5.73 Å². The minimum absolute atomic E-state index is 0. The summed E-state index contributed by atoms with van der Waals surface area (Å²) in [5.74, 6) is 0. The van der Waals surface area contributed by atoms with E-state index in [2.05, 4.69) is 24.4 Å². The van der Waals surface area contributed by atoms with Gasteiger partial charge in [0.2, 0.25) is 0 Å². The zero-order valence-electron chi connectivity index (χ0n) is 10.1. The van der Waals surface area contributed by atoms with Gasteiger partial charge in [0.05, 0.1) is 13.2 Å². The van der Waals surface area contributed by atoms with Gasteiger partial charge in [0.15, 0.2) is 0 Å². The van der Waals surface area contributed by atoms with E-state index in [0.717, 1.165) is 13.1 Å². The van der Waals surface area contributed by atoms with Crippen LogP contribution in [0.2, 0.25) is 0 Å². The summed E-state index contributed by atoms with van der Waals surface area (Å²) in [6.45, 7) is 5.07. The average molecular weight is 281 g/mol. The van der Waals surface area contributed by atoms with E-state index in [1.165, 1.54) is 5.56 Å². The Bertz CT molecular complexity index is 260. The topological polar surface area (TPSA) is 47.3 Å². The largest absolute Gasteiger partial charge is 0.375 e. The van der Waals surface area contributed by atoms with Crippen LogP contribution in [0.1, 0.15) is 12.5 Å². The Balaban J connectivity index is 0. The molecule has 100 valence electrons. The first-order chi connectivity index (χ1) is 7.33. The van der Waals surface area contributed by atoms with Gasteiger partial charge in [-0.05, 0) is 12.1 Å². The van der Waals surface area contributed by atoms with Crippen molar-refractivity contribution < 1.29 is 4.74 Å². The van der Waals surface area contributed by atoms with Crippen LogP contribution >= 0.6 is 24.8 Å². The second kappa shape index (κ2) is 12.1. The van der Waals surface area contributed by atoms with Crippen LogP contribution in [0.25, 0.3) is 0 Å². The highest BCUT2D eigenvalue weighted by Crippen LogP contribution is 2.00. The van der Waals surface area contributed by atoms with E-state index >= 15 is 0 Å². The summed E-state index contributed by atoms with van der Waals surface area (Å²) in [5, 5.41) is 3.19. The summed E-state index contributed by atoms with van der Waals surface area (Å²) in [4.78, 5) is 0. The first-order valence-electron chi connectivity index (χ1n) is 5.41. The van der Waals surface area contributed by atoms with Crippen molar-refractivity contribution >= 4 is 24.8 Å². The van der Waals surface area contributed by atoms with Crippen LogP contribution < -0.4 is 11.1 Å². The number of hydrogen-bond acceptors (Lipinski definition) is 3. The fraction of sp³-hybridized carbons (Fsp3) is 0.500. The van der Waals surface area contributed by atoms with Gasteiger partial charge in [-0.25, -0.2) is 0 Å². The van der Waals surface area contributed by atoms with Crippen LogP contribution in [0.5, 0.6) is 0 Å². The van der Waals surface area contributed by atoms with Gasteiger partial charge in [0.1, 0.15) is 0 Å². The molecule has 3 N–H and O–H groups in total. The molecule has 0 saturated heterocycles. The maximum Gasteiger partial charge on any atom is 0.0717 e. The van der Waals surface area contributed by atoms with Gasteiger partial charge in [-0.15, -0.1) is 24.8 Å². The second-order valence-electron chi connectivity index (χ2n) is 3.57. The number of halogens is 2. The monoisotopic (exact) mass is 280 g/mol. The molecule has 0 bridgehead atoms. The highest BCUT2D eigenvalue weighted by molar-refractivity contribution is 5.85. The Hall–Kier alpha value is -0.320. The molecule has 1 atom stereocenters. The zero-order valence-corrected chi connectivity index (χ0v) is 11.7. The number of ether oxygens (including phenoxy) is 1. The SMILES string of the molecule is CCNC[C@@H](N)COCc1ccccc1.Cl.Cl. The van der Waals surface area contributed by atoms with Crippen molar-refractivity contribution in [3.63, 3.8) is 0 Å². The lowest BCUT2D eigenvalue weighted by Gasteiger charge is -2.12. The molecule has 1 aromatic carbocycles. The number of nitrogens with one attached hydrogen (secondary N) is 1. The first kappa shape index (κ1) is 19.0. The predicted octanol–water partition coefficient (Wildman–Crippen LogP) is 1.98. The predicted molar refractivity (Wildman–Crippen MR) is 77.1 cm³/mol. The maximum atomic E-state index is 5.84. The average Bonchev–Trinajstić information content (AvgIpc) is 2.28. The third-order valence-corrected chi connectivity index (χ3v) is 2.10. The van der Waals surface area contributed by atoms with E-state index in [4.69, 9.17) is 10.5 Å². The zero-order chi connectivity index (χ0) is 10.9. The first-order valence-corrected chi connectivity index (χ1v) is 5.41. The van der Waals surface area contributed by atoms with E-state index < -0.39 is 0 Å². The summed E-state index contributed by atoms with van der Waals surface area (Å²) >= 11 is 0. The third kappa shape index (κ3) is 9.39. The van der Waals surface area contributed by atoms with Gasteiger partial charge >= 0.3 is 0 Å². The Kier molecular flexibility index (Phi) is 13.6. The van der Waals surface area contributed by atoms with Crippen molar-refractivity contribution in [1.29, 1.82) is 0 Å². The van der Waals surface area contributed by atoms with E-state index in [1.54, 1.807) is 0 Å². The van der Waals surface area contributed by atoms with Gasteiger partial charge in [-0.3, -0.25) is 0 Å². The minimum Gasteiger partial charge on any atom is -0.375 e. The van der Waals surface area contributed by atoms with E-state index in [0.29, 0.717) is 13.2 Å². The van der Waals surface area contributed by atoms with Gasteiger partial charge in [0, 0.05) is 12.6 Å². The van der Waals surface area contributed by atoms with Crippen LogP contribution in [0.4, 0.5) is 0 Å². The lowest BCUT2D eigenvalue weighted by molar-refractivity contribution is 0.107. The standard InChI is InChI=1S/C12H20N2O.2ClH/c1-2-14-8-12(13)10-15-9-11-6-4-3-5-7-11;;/h3-7,12,14H,2,8-10,13H2,1H3;2*1H/t12-;;/m1../s1. The number of benzene rings is 1. The summed E-state index contributed by atoms with van der Waals surface area (Å²) in [6, 6.07) is 10.2. The molecule has 1 rings (SSSR count). The molecule has 0 aliphatic carbocycles. The molecule has 5 heteroatoms. The molecular formula is C12H22Cl2N2O. The van der Waals surface area contributed by atoms with Crippen molar-refractivity contribution in [3.05, 3.63) is 35.9 Å². The summed E-state index contributed by atoms with van der Waals surface area (Å²) < 4.78 is 5.51. The number of nitrogens with two attached hydrogens (primary N) is 1.